The molecule has 0 aliphatic heterocycles. The van der Waals surface area contributed by atoms with E-state index in [9.17, 15) is 15.0 Å². The van der Waals surface area contributed by atoms with Crippen molar-refractivity contribution in [3.63, 3.8) is 0 Å². The largest absolute Gasteiger partial charge is 0.469 e. The zero-order valence-corrected chi connectivity index (χ0v) is 23.3. The first-order valence-electron chi connectivity index (χ1n) is 14.3. The standard InChI is InChI=1S/C31H50O4/c1-18(2)19-11-14-31(26(34)35-8)16-15-29(6)20(24(19)31)9-10-23-28(5)17-21(32)25(33)27(3,4)22(28)12-13-30(23,29)7/h19-25,32-33H,1,9-17H2,2-8H3/t19-,20+,21+,22-,23+,24+,25-,28-,29+,30+,31-/m0/s1. The van der Waals surface area contributed by atoms with E-state index >= 15 is 0 Å². The van der Waals surface area contributed by atoms with Crippen LogP contribution in [0, 0.1) is 56.7 Å². The number of carbonyl (C=O) groups is 1. The molecule has 0 aromatic carbocycles. The molecule has 4 heteroatoms. The van der Waals surface area contributed by atoms with Crippen LogP contribution in [0.25, 0.3) is 0 Å². The number of esters is 1. The van der Waals surface area contributed by atoms with Crippen molar-refractivity contribution >= 4 is 5.97 Å². The minimum absolute atomic E-state index is 0.0161. The molecule has 4 nitrogen and oxygen atoms in total. The Hall–Kier alpha value is -0.870. The predicted octanol–water partition coefficient (Wildman–Crippen LogP) is 6.15. The lowest BCUT2D eigenvalue weighted by atomic mass is 9.32. The van der Waals surface area contributed by atoms with Gasteiger partial charge in [0.15, 0.2) is 0 Å². The maximum absolute atomic E-state index is 13.4. The topological polar surface area (TPSA) is 66.8 Å². The number of allylic oxidation sites excluding steroid dienone is 1. The Labute approximate surface area is 213 Å². The fourth-order valence-electron chi connectivity index (χ4n) is 11.8. The first kappa shape index (κ1) is 25.8. The van der Waals surface area contributed by atoms with E-state index in [1.54, 1.807) is 7.11 Å². The van der Waals surface area contributed by atoms with Gasteiger partial charge in [0.05, 0.1) is 24.7 Å². The Morgan fingerprint density at radius 1 is 0.886 bits per heavy atom. The van der Waals surface area contributed by atoms with Crippen molar-refractivity contribution in [3.05, 3.63) is 12.2 Å². The summed E-state index contributed by atoms with van der Waals surface area (Å²) in [6, 6.07) is 0. The normalized spacial score (nSPS) is 54.6. The number of carbonyl (C=O) groups excluding carboxylic acids is 1. The number of aliphatic hydroxyl groups is 2. The third kappa shape index (κ3) is 3.02. The van der Waals surface area contributed by atoms with E-state index < -0.39 is 12.2 Å². The van der Waals surface area contributed by atoms with Crippen LogP contribution in [0.3, 0.4) is 0 Å². The molecule has 35 heavy (non-hydrogen) atoms. The van der Waals surface area contributed by atoms with Crippen LogP contribution in [-0.4, -0.2) is 35.5 Å². The highest BCUT2D eigenvalue weighted by Gasteiger charge is 2.72. The number of hydrogen-bond donors (Lipinski definition) is 2. The van der Waals surface area contributed by atoms with Crippen molar-refractivity contribution in [2.75, 3.05) is 7.11 Å². The third-order valence-electron chi connectivity index (χ3n) is 13.6. The molecule has 0 radical (unpaired) electrons. The fraction of sp³-hybridized carbons (Fsp3) is 0.903. The van der Waals surface area contributed by atoms with Gasteiger partial charge >= 0.3 is 5.97 Å². The highest BCUT2D eigenvalue weighted by atomic mass is 16.5. The smallest absolute Gasteiger partial charge is 0.312 e. The van der Waals surface area contributed by atoms with E-state index in [0.717, 1.165) is 44.9 Å². The second-order valence-electron chi connectivity index (χ2n) is 14.9. The highest BCUT2D eigenvalue weighted by Crippen LogP contribution is 2.77. The van der Waals surface area contributed by atoms with Gasteiger partial charge in [-0.1, -0.05) is 46.8 Å². The minimum atomic E-state index is -0.653. The monoisotopic (exact) mass is 486 g/mol. The van der Waals surface area contributed by atoms with Crippen molar-refractivity contribution in [1.29, 1.82) is 0 Å². The van der Waals surface area contributed by atoms with E-state index in [1.807, 2.05) is 0 Å². The van der Waals surface area contributed by atoms with Crippen LogP contribution < -0.4 is 0 Å². The zero-order chi connectivity index (χ0) is 25.8. The molecule has 0 unspecified atom stereocenters. The molecule has 0 bridgehead atoms. The summed E-state index contributed by atoms with van der Waals surface area (Å²) >= 11 is 0. The second kappa shape index (κ2) is 7.82. The van der Waals surface area contributed by atoms with Gasteiger partial charge in [-0.2, -0.15) is 0 Å². The Kier molecular flexibility index (Phi) is 5.76. The van der Waals surface area contributed by atoms with E-state index in [1.165, 1.54) is 12.0 Å². The van der Waals surface area contributed by atoms with Gasteiger partial charge < -0.3 is 14.9 Å². The minimum Gasteiger partial charge on any atom is -0.469 e. The lowest BCUT2D eigenvalue weighted by molar-refractivity contribution is -0.263. The molecule has 0 spiro atoms. The third-order valence-corrected chi connectivity index (χ3v) is 13.6. The summed E-state index contributed by atoms with van der Waals surface area (Å²) in [5.41, 5.74) is 0.927. The van der Waals surface area contributed by atoms with Crippen LogP contribution >= 0.6 is 0 Å². The van der Waals surface area contributed by atoms with Crippen LogP contribution in [0.1, 0.15) is 99.3 Å². The van der Waals surface area contributed by atoms with Crippen molar-refractivity contribution in [3.8, 4) is 0 Å². The molecule has 5 aliphatic carbocycles. The first-order valence-corrected chi connectivity index (χ1v) is 14.3. The van der Waals surface area contributed by atoms with E-state index in [0.29, 0.717) is 36.0 Å². The number of fused-ring (bicyclic) bond motifs is 7. The fourth-order valence-corrected chi connectivity index (χ4v) is 11.8. The molecular formula is C31H50O4. The summed E-state index contributed by atoms with van der Waals surface area (Å²) in [7, 11) is 1.57. The van der Waals surface area contributed by atoms with E-state index in [4.69, 9.17) is 4.74 Å². The average molecular weight is 487 g/mol. The number of hydrogen-bond acceptors (Lipinski definition) is 4. The molecule has 0 heterocycles. The van der Waals surface area contributed by atoms with Crippen molar-refractivity contribution in [2.45, 2.75) is 112 Å². The van der Waals surface area contributed by atoms with Gasteiger partial charge in [0.2, 0.25) is 0 Å². The van der Waals surface area contributed by atoms with Gasteiger partial charge in [0, 0.05) is 0 Å². The summed E-state index contributed by atoms with van der Waals surface area (Å²) in [5.74, 6) is 2.17. The van der Waals surface area contributed by atoms with Crippen molar-refractivity contribution in [1.82, 2.24) is 0 Å². The molecule has 198 valence electrons. The molecule has 0 saturated heterocycles. The molecule has 0 amide bonds. The van der Waals surface area contributed by atoms with Crippen LogP contribution in [0.5, 0.6) is 0 Å². The molecule has 2 N–H and O–H groups in total. The number of methoxy groups -OCH3 is 1. The summed E-state index contributed by atoms with van der Waals surface area (Å²) in [5, 5.41) is 22.0. The molecule has 0 aromatic heterocycles. The second-order valence-corrected chi connectivity index (χ2v) is 14.9. The number of aliphatic hydroxyl groups excluding tert-OH is 2. The molecule has 5 saturated carbocycles. The van der Waals surface area contributed by atoms with Crippen LogP contribution in [0.4, 0.5) is 0 Å². The zero-order valence-electron chi connectivity index (χ0n) is 23.3. The molecule has 11 atom stereocenters. The first-order chi connectivity index (χ1) is 16.2. The van der Waals surface area contributed by atoms with Gasteiger partial charge in [-0.3, -0.25) is 4.79 Å². The molecule has 5 aliphatic rings. The molecule has 5 rings (SSSR count). The maximum atomic E-state index is 13.4. The number of ether oxygens (including phenoxy) is 1. The summed E-state index contributed by atoms with van der Waals surface area (Å²) < 4.78 is 5.48. The maximum Gasteiger partial charge on any atom is 0.312 e. The average Bonchev–Trinajstić information content (AvgIpc) is 3.18. The van der Waals surface area contributed by atoms with Gasteiger partial charge in [0.25, 0.3) is 0 Å². The van der Waals surface area contributed by atoms with Crippen LogP contribution in [0.15, 0.2) is 12.2 Å². The molecule has 0 aromatic rings. The Morgan fingerprint density at radius 3 is 2.20 bits per heavy atom. The van der Waals surface area contributed by atoms with Crippen LogP contribution in [0.2, 0.25) is 0 Å². The van der Waals surface area contributed by atoms with Gasteiger partial charge in [-0.05, 0) is 116 Å². The Bertz CT molecular complexity index is 910. The summed E-state index contributed by atoms with van der Waals surface area (Å²) in [6.07, 6.45) is 7.98. The summed E-state index contributed by atoms with van der Waals surface area (Å²) in [6.45, 7) is 18.5. The van der Waals surface area contributed by atoms with Gasteiger partial charge in [0.1, 0.15) is 0 Å². The predicted molar refractivity (Wildman–Crippen MR) is 138 cm³/mol. The Balaban J connectivity index is 1.57. The molecule has 5 fully saturated rings. The lowest BCUT2D eigenvalue weighted by Crippen LogP contribution is -2.68. The number of rotatable bonds is 2. The van der Waals surface area contributed by atoms with E-state index in [2.05, 4.69) is 48.1 Å². The Morgan fingerprint density at radius 2 is 1.57 bits per heavy atom. The van der Waals surface area contributed by atoms with Crippen LogP contribution in [-0.2, 0) is 9.53 Å². The SMILES string of the molecule is C=C(C)[C@@H]1CC[C@]2(C(=O)OC)CC[C@]3(C)[C@H](CC[C@@H]4[C@@]5(C)C[C@@H](O)[C@H](O)C(C)(C)[C@@H]5CC[C@]43C)[C@@H]12. The molecular weight excluding hydrogens is 436 g/mol. The quantitative estimate of drug-likeness (QED) is 0.363. The van der Waals surface area contributed by atoms with Gasteiger partial charge in [-0.15, -0.1) is 0 Å². The van der Waals surface area contributed by atoms with Crippen molar-refractivity contribution < 1.29 is 19.7 Å². The van der Waals surface area contributed by atoms with E-state index in [-0.39, 0.29) is 33.0 Å². The van der Waals surface area contributed by atoms with Crippen molar-refractivity contribution in [2.24, 2.45) is 56.7 Å². The lowest BCUT2D eigenvalue weighted by Gasteiger charge is -2.73. The summed E-state index contributed by atoms with van der Waals surface area (Å²) in [4.78, 5) is 13.4. The van der Waals surface area contributed by atoms with Gasteiger partial charge in [-0.25, -0.2) is 0 Å². The highest BCUT2D eigenvalue weighted by molar-refractivity contribution is 5.78.